The Morgan fingerprint density at radius 3 is 2.65 bits per heavy atom. The minimum Gasteiger partial charge on any atom is -0.465 e. The molecule has 0 saturated heterocycles. The molecule has 3 aromatic carbocycles. The number of anilines is 1. The molecule has 0 saturated carbocycles. The number of amides is 1. The van der Waals surface area contributed by atoms with Gasteiger partial charge in [-0.3, -0.25) is 4.79 Å². The zero-order chi connectivity index (χ0) is 24.1. The predicted octanol–water partition coefficient (Wildman–Crippen LogP) is 5.68. The van der Waals surface area contributed by atoms with E-state index < -0.39 is 11.9 Å². The molecular weight excluding hydrogens is 450 g/mol. The summed E-state index contributed by atoms with van der Waals surface area (Å²) in [5.74, 6) is -0.917. The lowest BCUT2D eigenvalue weighted by atomic mass is 10.1. The first kappa shape index (κ1) is 22.8. The fourth-order valence-corrected chi connectivity index (χ4v) is 3.89. The van der Waals surface area contributed by atoms with E-state index in [0.29, 0.717) is 22.8 Å². The van der Waals surface area contributed by atoms with Gasteiger partial charge in [-0.2, -0.15) is 5.26 Å². The summed E-state index contributed by atoms with van der Waals surface area (Å²) in [6.07, 6.45) is 3.46. The third-order valence-electron chi connectivity index (χ3n) is 5.27. The highest BCUT2D eigenvalue weighted by Crippen LogP contribution is 2.25. The van der Waals surface area contributed by atoms with E-state index >= 15 is 0 Å². The second kappa shape index (κ2) is 10.1. The van der Waals surface area contributed by atoms with Gasteiger partial charge in [-0.15, -0.1) is 0 Å². The van der Waals surface area contributed by atoms with Gasteiger partial charge in [0.2, 0.25) is 0 Å². The number of para-hydroxylation sites is 1. The van der Waals surface area contributed by atoms with Crippen LogP contribution in [-0.4, -0.2) is 23.6 Å². The van der Waals surface area contributed by atoms with Crippen molar-refractivity contribution in [1.29, 1.82) is 5.26 Å². The summed E-state index contributed by atoms with van der Waals surface area (Å²) in [5.41, 5.74) is 3.53. The van der Waals surface area contributed by atoms with Crippen LogP contribution in [0.2, 0.25) is 5.02 Å². The Morgan fingerprint density at radius 2 is 1.88 bits per heavy atom. The van der Waals surface area contributed by atoms with Gasteiger partial charge in [-0.05, 0) is 48.0 Å². The standard InChI is InChI=1S/C27H20ClN3O3/c1-34-27(33)19-7-4-6-18(12-19)16-31-17-21(24-10-2-3-11-25(24)31)13-20(15-29)26(32)30-23-9-5-8-22(28)14-23/h2-14,17H,16H2,1H3,(H,30,32)/b20-13-. The normalized spacial score (nSPS) is 11.1. The SMILES string of the molecule is COC(=O)c1cccc(Cn2cc(/C=C(/C#N)C(=O)Nc3cccc(Cl)c3)c3ccccc32)c1. The quantitative estimate of drug-likeness (QED) is 0.224. The highest BCUT2D eigenvalue weighted by atomic mass is 35.5. The molecule has 1 heterocycles. The topological polar surface area (TPSA) is 84.1 Å². The van der Waals surface area contributed by atoms with Crippen molar-refractivity contribution in [3.8, 4) is 6.07 Å². The average Bonchev–Trinajstić information content (AvgIpc) is 3.19. The van der Waals surface area contributed by atoms with Crippen LogP contribution >= 0.6 is 11.6 Å². The molecule has 0 bridgehead atoms. The second-order valence-corrected chi connectivity index (χ2v) is 7.99. The molecule has 34 heavy (non-hydrogen) atoms. The maximum Gasteiger partial charge on any atom is 0.337 e. The molecule has 1 N–H and O–H groups in total. The number of halogens is 1. The van der Waals surface area contributed by atoms with Crippen LogP contribution in [0.1, 0.15) is 21.5 Å². The smallest absolute Gasteiger partial charge is 0.337 e. The number of carbonyl (C=O) groups excluding carboxylic acids is 2. The minimum atomic E-state index is -0.521. The Balaban J connectivity index is 1.67. The lowest BCUT2D eigenvalue weighted by Crippen LogP contribution is -2.13. The number of rotatable bonds is 6. The summed E-state index contributed by atoms with van der Waals surface area (Å²) in [6.45, 7) is 0.496. The largest absolute Gasteiger partial charge is 0.465 e. The van der Waals surface area contributed by atoms with E-state index in [1.165, 1.54) is 7.11 Å². The van der Waals surface area contributed by atoms with E-state index in [-0.39, 0.29) is 5.57 Å². The van der Waals surface area contributed by atoms with Gasteiger partial charge in [0.15, 0.2) is 0 Å². The molecule has 0 aliphatic rings. The number of nitriles is 1. The third kappa shape index (κ3) is 5.01. The van der Waals surface area contributed by atoms with Gasteiger partial charge < -0.3 is 14.6 Å². The number of benzene rings is 3. The van der Waals surface area contributed by atoms with E-state index in [1.54, 1.807) is 42.5 Å². The lowest BCUT2D eigenvalue weighted by Gasteiger charge is -2.07. The molecule has 6 nitrogen and oxygen atoms in total. The van der Waals surface area contributed by atoms with Crippen LogP contribution in [0.5, 0.6) is 0 Å². The zero-order valence-corrected chi connectivity index (χ0v) is 19.0. The zero-order valence-electron chi connectivity index (χ0n) is 18.3. The van der Waals surface area contributed by atoms with Gasteiger partial charge in [0.1, 0.15) is 11.6 Å². The summed E-state index contributed by atoms with van der Waals surface area (Å²) < 4.78 is 6.83. The molecule has 1 amide bonds. The van der Waals surface area contributed by atoms with Crippen molar-refractivity contribution in [2.75, 3.05) is 12.4 Å². The number of aromatic nitrogens is 1. The van der Waals surface area contributed by atoms with E-state index in [2.05, 4.69) is 5.32 Å². The summed E-state index contributed by atoms with van der Waals surface area (Å²) in [6, 6.07) is 23.7. The lowest BCUT2D eigenvalue weighted by molar-refractivity contribution is -0.112. The third-order valence-corrected chi connectivity index (χ3v) is 5.50. The van der Waals surface area contributed by atoms with Crippen molar-refractivity contribution >= 4 is 46.1 Å². The van der Waals surface area contributed by atoms with Crippen molar-refractivity contribution in [3.05, 3.63) is 106 Å². The number of carbonyl (C=O) groups is 2. The van der Waals surface area contributed by atoms with Gasteiger partial charge in [-0.1, -0.05) is 48.0 Å². The van der Waals surface area contributed by atoms with Gasteiger partial charge >= 0.3 is 5.97 Å². The Bertz CT molecular complexity index is 1460. The molecule has 0 atom stereocenters. The van der Waals surface area contributed by atoms with Crippen LogP contribution in [-0.2, 0) is 16.1 Å². The molecule has 0 spiro atoms. The van der Waals surface area contributed by atoms with E-state index in [4.69, 9.17) is 16.3 Å². The van der Waals surface area contributed by atoms with Crippen molar-refractivity contribution in [2.24, 2.45) is 0 Å². The molecule has 0 aliphatic heterocycles. The van der Waals surface area contributed by atoms with Crippen molar-refractivity contribution in [2.45, 2.75) is 6.54 Å². The first-order valence-electron chi connectivity index (χ1n) is 10.4. The molecule has 168 valence electrons. The number of ether oxygens (including phenoxy) is 1. The summed E-state index contributed by atoms with van der Waals surface area (Å²) >= 11 is 5.98. The molecule has 1 aromatic heterocycles. The maximum absolute atomic E-state index is 12.7. The summed E-state index contributed by atoms with van der Waals surface area (Å²) in [7, 11) is 1.35. The summed E-state index contributed by atoms with van der Waals surface area (Å²) in [5, 5.41) is 13.7. The molecule has 0 unspecified atom stereocenters. The average molecular weight is 470 g/mol. The molecule has 0 radical (unpaired) electrons. The maximum atomic E-state index is 12.7. The molecule has 0 fully saturated rings. The Hall–Kier alpha value is -4.34. The van der Waals surface area contributed by atoms with Gasteiger partial charge in [0, 0.05) is 39.9 Å². The number of nitrogens with zero attached hydrogens (tertiary/aromatic N) is 2. The Kier molecular flexibility index (Phi) is 6.77. The van der Waals surface area contributed by atoms with Crippen LogP contribution in [0.3, 0.4) is 0 Å². The molecular formula is C27H20ClN3O3. The number of esters is 1. The fraction of sp³-hybridized carbons (Fsp3) is 0.0741. The van der Waals surface area contributed by atoms with E-state index in [9.17, 15) is 14.9 Å². The van der Waals surface area contributed by atoms with Crippen LogP contribution in [0.15, 0.2) is 84.6 Å². The molecule has 4 aromatic rings. The number of methoxy groups -OCH3 is 1. The van der Waals surface area contributed by atoms with Crippen LogP contribution < -0.4 is 5.32 Å². The highest BCUT2D eigenvalue weighted by Gasteiger charge is 2.14. The predicted molar refractivity (Wildman–Crippen MR) is 132 cm³/mol. The van der Waals surface area contributed by atoms with Crippen LogP contribution in [0, 0.1) is 11.3 Å². The fourth-order valence-electron chi connectivity index (χ4n) is 3.70. The van der Waals surface area contributed by atoms with Crippen LogP contribution in [0.25, 0.3) is 17.0 Å². The van der Waals surface area contributed by atoms with Crippen molar-refractivity contribution < 1.29 is 14.3 Å². The number of hydrogen-bond acceptors (Lipinski definition) is 4. The second-order valence-electron chi connectivity index (χ2n) is 7.56. The summed E-state index contributed by atoms with van der Waals surface area (Å²) in [4.78, 5) is 24.6. The first-order valence-corrected chi connectivity index (χ1v) is 10.8. The molecule has 0 aliphatic carbocycles. The van der Waals surface area contributed by atoms with Gasteiger partial charge in [0.05, 0.1) is 12.7 Å². The van der Waals surface area contributed by atoms with E-state index in [1.807, 2.05) is 53.2 Å². The highest BCUT2D eigenvalue weighted by molar-refractivity contribution is 6.31. The number of hydrogen-bond donors (Lipinski definition) is 1. The molecule has 4 rings (SSSR count). The Labute approximate surface area is 201 Å². The van der Waals surface area contributed by atoms with Gasteiger partial charge in [-0.25, -0.2) is 4.79 Å². The number of nitrogens with one attached hydrogen (secondary N) is 1. The van der Waals surface area contributed by atoms with Gasteiger partial charge in [0.25, 0.3) is 5.91 Å². The molecule has 7 heteroatoms. The monoisotopic (exact) mass is 469 g/mol. The van der Waals surface area contributed by atoms with Crippen LogP contribution in [0.4, 0.5) is 5.69 Å². The first-order chi connectivity index (χ1) is 16.5. The minimum absolute atomic E-state index is 0.0319. The van der Waals surface area contributed by atoms with Crippen molar-refractivity contribution in [1.82, 2.24) is 4.57 Å². The Morgan fingerprint density at radius 1 is 1.09 bits per heavy atom. The van der Waals surface area contributed by atoms with Crippen molar-refractivity contribution in [3.63, 3.8) is 0 Å². The van der Waals surface area contributed by atoms with E-state index in [0.717, 1.165) is 22.0 Å². The number of fused-ring (bicyclic) bond motifs is 1.